The highest BCUT2D eigenvalue weighted by molar-refractivity contribution is 5.91. The normalized spacial score (nSPS) is 14.2. The number of hydrogen-bond acceptors (Lipinski definition) is 4. The molecular weight excluding hydrogens is 357 g/mol. The van der Waals surface area contributed by atoms with Crippen LogP contribution in [-0.4, -0.2) is 44.8 Å². The quantitative estimate of drug-likeness (QED) is 0.785. The van der Waals surface area contributed by atoms with Crippen LogP contribution in [0.15, 0.2) is 48.5 Å². The van der Waals surface area contributed by atoms with Gasteiger partial charge in [-0.05, 0) is 62.4 Å². The lowest BCUT2D eigenvalue weighted by molar-refractivity contribution is -0.116. The molecule has 150 valence electrons. The molecule has 1 N–H and O–H groups in total. The Morgan fingerprint density at radius 2 is 1.75 bits per heavy atom. The van der Waals surface area contributed by atoms with Gasteiger partial charge >= 0.3 is 0 Å². The number of ether oxygens (including phenoxy) is 1. The van der Waals surface area contributed by atoms with E-state index in [1.54, 1.807) is 12.1 Å². The van der Waals surface area contributed by atoms with Crippen LogP contribution < -0.4 is 15.1 Å². The molecule has 0 aliphatic carbocycles. The van der Waals surface area contributed by atoms with Gasteiger partial charge in [-0.1, -0.05) is 0 Å². The van der Waals surface area contributed by atoms with Crippen LogP contribution in [0.4, 0.5) is 21.5 Å². The van der Waals surface area contributed by atoms with Crippen LogP contribution in [0.3, 0.4) is 0 Å². The van der Waals surface area contributed by atoms with E-state index in [4.69, 9.17) is 4.74 Å². The van der Waals surface area contributed by atoms with E-state index in [1.165, 1.54) is 12.1 Å². The molecule has 6 heteroatoms. The molecule has 1 aliphatic heterocycles. The zero-order valence-corrected chi connectivity index (χ0v) is 16.5. The van der Waals surface area contributed by atoms with Gasteiger partial charge in [0.05, 0.1) is 13.2 Å². The molecule has 1 fully saturated rings. The number of amides is 1. The van der Waals surface area contributed by atoms with Gasteiger partial charge in [-0.2, -0.15) is 0 Å². The third kappa shape index (κ3) is 5.45. The van der Waals surface area contributed by atoms with Crippen LogP contribution >= 0.6 is 0 Å². The standard InChI is InChI=1S/C22H28FN3O2/c1-17(2)26(21-7-3-18(23)4-8-21)12-11-22(27)24-19-5-9-20(10-6-19)25-13-15-28-16-14-25/h3-10,17H,11-16H2,1-2H3,(H,24,27). The Labute approximate surface area is 166 Å². The number of anilines is 3. The molecule has 1 amide bonds. The summed E-state index contributed by atoms with van der Waals surface area (Å²) in [4.78, 5) is 16.8. The number of carbonyl (C=O) groups excluding carboxylic acids is 1. The molecule has 0 aromatic heterocycles. The van der Waals surface area contributed by atoms with Crippen molar-refractivity contribution < 1.29 is 13.9 Å². The number of halogens is 1. The van der Waals surface area contributed by atoms with Gasteiger partial charge in [0, 0.05) is 49.2 Å². The second-order valence-corrected chi connectivity index (χ2v) is 7.21. The second-order valence-electron chi connectivity index (χ2n) is 7.21. The van der Waals surface area contributed by atoms with Gasteiger partial charge in [-0.25, -0.2) is 4.39 Å². The first-order valence-corrected chi connectivity index (χ1v) is 9.78. The molecule has 5 nitrogen and oxygen atoms in total. The molecule has 1 saturated heterocycles. The molecule has 1 heterocycles. The number of benzene rings is 2. The molecule has 28 heavy (non-hydrogen) atoms. The average Bonchev–Trinajstić information content (AvgIpc) is 2.70. The van der Waals surface area contributed by atoms with Gasteiger partial charge < -0.3 is 19.9 Å². The van der Waals surface area contributed by atoms with Gasteiger partial charge in [-0.3, -0.25) is 4.79 Å². The molecule has 0 atom stereocenters. The summed E-state index contributed by atoms with van der Waals surface area (Å²) in [6.07, 6.45) is 0.362. The van der Waals surface area contributed by atoms with Crippen LogP contribution in [0, 0.1) is 5.82 Å². The Hall–Kier alpha value is -2.60. The molecule has 1 aliphatic rings. The van der Waals surface area contributed by atoms with Crippen molar-refractivity contribution in [1.29, 1.82) is 0 Å². The lowest BCUT2D eigenvalue weighted by Crippen LogP contribution is -2.36. The van der Waals surface area contributed by atoms with Gasteiger partial charge in [0.1, 0.15) is 5.82 Å². The number of rotatable bonds is 7. The SMILES string of the molecule is CC(C)N(CCC(=O)Nc1ccc(N2CCOCC2)cc1)c1ccc(F)cc1. The second kappa shape index (κ2) is 9.55. The van der Waals surface area contributed by atoms with Gasteiger partial charge in [0.25, 0.3) is 0 Å². The van der Waals surface area contributed by atoms with Crippen molar-refractivity contribution in [2.45, 2.75) is 26.3 Å². The predicted octanol–water partition coefficient (Wildman–Crippen LogP) is 3.91. The first-order chi connectivity index (χ1) is 13.5. The number of carbonyl (C=O) groups is 1. The zero-order chi connectivity index (χ0) is 19.9. The van der Waals surface area contributed by atoms with Gasteiger partial charge in [0.15, 0.2) is 0 Å². The van der Waals surface area contributed by atoms with E-state index in [1.807, 2.05) is 24.3 Å². The highest BCUT2D eigenvalue weighted by Gasteiger charge is 2.14. The first kappa shape index (κ1) is 20.1. The fourth-order valence-electron chi connectivity index (χ4n) is 3.34. The highest BCUT2D eigenvalue weighted by Crippen LogP contribution is 2.20. The average molecular weight is 385 g/mol. The maximum atomic E-state index is 13.2. The molecule has 0 bridgehead atoms. The number of nitrogens with one attached hydrogen (secondary N) is 1. The molecule has 0 radical (unpaired) electrons. The smallest absolute Gasteiger partial charge is 0.226 e. The Morgan fingerprint density at radius 1 is 1.11 bits per heavy atom. The summed E-state index contributed by atoms with van der Waals surface area (Å²) in [5.41, 5.74) is 2.85. The molecule has 0 unspecified atom stereocenters. The van der Waals surface area contributed by atoms with E-state index in [0.29, 0.717) is 13.0 Å². The maximum absolute atomic E-state index is 13.2. The number of morpholine rings is 1. The summed E-state index contributed by atoms with van der Waals surface area (Å²) in [6, 6.07) is 14.5. The molecule has 3 rings (SSSR count). The summed E-state index contributed by atoms with van der Waals surface area (Å²) in [5.74, 6) is -0.294. The summed E-state index contributed by atoms with van der Waals surface area (Å²) in [7, 11) is 0. The number of hydrogen-bond donors (Lipinski definition) is 1. The summed E-state index contributed by atoms with van der Waals surface area (Å²) in [5, 5.41) is 2.96. The lowest BCUT2D eigenvalue weighted by atomic mass is 10.2. The fraction of sp³-hybridized carbons (Fsp3) is 0.409. The molecule has 2 aromatic carbocycles. The number of nitrogens with zero attached hydrogens (tertiary/aromatic N) is 2. The summed E-state index contributed by atoms with van der Waals surface area (Å²) in [6.45, 7) is 7.97. The van der Waals surface area contributed by atoms with Crippen molar-refractivity contribution in [2.75, 3.05) is 48.0 Å². The van der Waals surface area contributed by atoms with Crippen molar-refractivity contribution in [3.63, 3.8) is 0 Å². The highest BCUT2D eigenvalue weighted by atomic mass is 19.1. The van der Waals surface area contributed by atoms with Gasteiger partial charge in [0.2, 0.25) is 5.91 Å². The minimum Gasteiger partial charge on any atom is -0.378 e. The summed E-state index contributed by atoms with van der Waals surface area (Å²) < 4.78 is 18.5. The molecule has 2 aromatic rings. The van der Waals surface area contributed by atoms with Crippen molar-refractivity contribution in [1.82, 2.24) is 0 Å². The minimum absolute atomic E-state index is 0.0353. The van der Waals surface area contributed by atoms with Gasteiger partial charge in [-0.15, -0.1) is 0 Å². The van der Waals surface area contributed by atoms with Crippen molar-refractivity contribution in [3.05, 3.63) is 54.3 Å². The predicted molar refractivity (Wildman–Crippen MR) is 112 cm³/mol. The first-order valence-electron chi connectivity index (χ1n) is 9.78. The summed E-state index contributed by atoms with van der Waals surface area (Å²) >= 11 is 0. The minimum atomic E-state index is -0.259. The van der Waals surface area contributed by atoms with E-state index in [2.05, 4.69) is 29.0 Å². The largest absolute Gasteiger partial charge is 0.378 e. The van der Waals surface area contributed by atoms with Crippen molar-refractivity contribution >= 4 is 23.0 Å². The van der Waals surface area contributed by atoms with Crippen molar-refractivity contribution in [3.8, 4) is 0 Å². The molecule has 0 spiro atoms. The monoisotopic (exact) mass is 385 g/mol. The van der Waals surface area contributed by atoms with E-state index in [9.17, 15) is 9.18 Å². The van der Waals surface area contributed by atoms with E-state index >= 15 is 0 Å². The Kier molecular flexibility index (Phi) is 6.87. The van der Waals surface area contributed by atoms with Crippen LogP contribution in [0.5, 0.6) is 0 Å². The zero-order valence-electron chi connectivity index (χ0n) is 16.5. The molecule has 0 saturated carbocycles. The fourth-order valence-corrected chi connectivity index (χ4v) is 3.34. The Morgan fingerprint density at radius 3 is 2.36 bits per heavy atom. The topological polar surface area (TPSA) is 44.8 Å². The van der Waals surface area contributed by atoms with Crippen LogP contribution in [0.2, 0.25) is 0 Å². The van der Waals surface area contributed by atoms with E-state index in [0.717, 1.165) is 43.4 Å². The van der Waals surface area contributed by atoms with E-state index in [-0.39, 0.29) is 17.8 Å². The van der Waals surface area contributed by atoms with Crippen LogP contribution in [0.25, 0.3) is 0 Å². The Balaban J connectivity index is 1.53. The Bertz CT molecular complexity index is 756. The van der Waals surface area contributed by atoms with Crippen LogP contribution in [-0.2, 0) is 9.53 Å². The maximum Gasteiger partial charge on any atom is 0.226 e. The third-order valence-corrected chi connectivity index (χ3v) is 4.89. The third-order valence-electron chi connectivity index (χ3n) is 4.89. The van der Waals surface area contributed by atoms with Crippen molar-refractivity contribution in [2.24, 2.45) is 0 Å². The van der Waals surface area contributed by atoms with Crippen LogP contribution in [0.1, 0.15) is 20.3 Å². The lowest BCUT2D eigenvalue weighted by Gasteiger charge is -2.29. The van der Waals surface area contributed by atoms with E-state index < -0.39 is 0 Å². The molecular formula is C22H28FN3O2.